The average molecular weight is 235 g/mol. The highest BCUT2D eigenvalue weighted by Gasteiger charge is 2.29. The molecule has 1 aliphatic heterocycles. The van der Waals surface area contributed by atoms with E-state index in [1.807, 2.05) is 6.92 Å². The van der Waals surface area contributed by atoms with Gasteiger partial charge in [0.2, 0.25) is 0 Å². The molecule has 1 unspecified atom stereocenters. The number of ketones is 1. The summed E-state index contributed by atoms with van der Waals surface area (Å²) in [5.74, 6) is 0.891. The lowest BCUT2D eigenvalue weighted by Gasteiger charge is -2.31. The molecule has 2 heterocycles. The maximum atomic E-state index is 12.2. The monoisotopic (exact) mass is 235 g/mol. The number of amides is 1. The minimum absolute atomic E-state index is 0.0000860. The summed E-state index contributed by atoms with van der Waals surface area (Å²) in [5, 5.41) is 0. The van der Waals surface area contributed by atoms with Crippen molar-refractivity contribution in [2.75, 3.05) is 13.1 Å². The number of rotatable bonds is 2. The van der Waals surface area contributed by atoms with Crippen LogP contribution in [0.1, 0.15) is 35.9 Å². The van der Waals surface area contributed by atoms with Crippen molar-refractivity contribution >= 4 is 11.7 Å². The number of hydrogen-bond acceptors (Lipinski definition) is 3. The zero-order valence-electron chi connectivity index (χ0n) is 10.2. The number of Topliss-reactive ketones (excluding diaryl/α,β-unsaturated/α-hetero) is 1. The standard InChI is InChI=1S/C13H17NO3/c1-3-10-8-14(6-4-12(10)15)13(16)11-5-7-17-9(11)2/h5,7,10H,3-4,6,8H2,1-2H3. The van der Waals surface area contributed by atoms with Gasteiger partial charge in [-0.05, 0) is 19.4 Å². The highest BCUT2D eigenvalue weighted by Crippen LogP contribution is 2.19. The van der Waals surface area contributed by atoms with Crippen LogP contribution in [0.5, 0.6) is 0 Å². The second kappa shape index (κ2) is 4.73. The number of hydrogen-bond donors (Lipinski definition) is 0. The van der Waals surface area contributed by atoms with E-state index in [9.17, 15) is 9.59 Å². The van der Waals surface area contributed by atoms with Crippen LogP contribution in [-0.2, 0) is 4.79 Å². The van der Waals surface area contributed by atoms with Crippen molar-refractivity contribution in [1.82, 2.24) is 4.90 Å². The van der Waals surface area contributed by atoms with Crippen molar-refractivity contribution in [3.8, 4) is 0 Å². The van der Waals surface area contributed by atoms with Crippen molar-refractivity contribution in [1.29, 1.82) is 0 Å². The Hall–Kier alpha value is -1.58. The van der Waals surface area contributed by atoms with Gasteiger partial charge in [-0.25, -0.2) is 0 Å². The van der Waals surface area contributed by atoms with Gasteiger partial charge in [-0.2, -0.15) is 0 Å². The fraction of sp³-hybridized carbons (Fsp3) is 0.538. The molecule has 1 aromatic heterocycles. The molecule has 0 aromatic carbocycles. The smallest absolute Gasteiger partial charge is 0.257 e. The molecule has 0 bridgehead atoms. The average Bonchev–Trinajstić information content (AvgIpc) is 2.75. The predicted molar refractivity (Wildman–Crippen MR) is 62.8 cm³/mol. The molecule has 1 aliphatic rings. The SMILES string of the molecule is CCC1CN(C(=O)c2ccoc2C)CCC1=O. The molecule has 17 heavy (non-hydrogen) atoms. The van der Waals surface area contributed by atoms with E-state index in [4.69, 9.17) is 4.42 Å². The molecule has 1 atom stereocenters. The fourth-order valence-corrected chi connectivity index (χ4v) is 2.23. The van der Waals surface area contributed by atoms with Gasteiger partial charge in [-0.15, -0.1) is 0 Å². The van der Waals surface area contributed by atoms with Gasteiger partial charge >= 0.3 is 0 Å². The van der Waals surface area contributed by atoms with Crippen LogP contribution < -0.4 is 0 Å². The molecule has 1 fully saturated rings. The van der Waals surface area contributed by atoms with Gasteiger partial charge in [0, 0.05) is 25.4 Å². The van der Waals surface area contributed by atoms with Crippen LogP contribution in [0.4, 0.5) is 0 Å². The van der Waals surface area contributed by atoms with Crippen molar-refractivity contribution in [3.63, 3.8) is 0 Å². The number of nitrogens with zero attached hydrogens (tertiary/aromatic N) is 1. The van der Waals surface area contributed by atoms with Gasteiger partial charge in [0.05, 0.1) is 11.8 Å². The molecule has 1 amide bonds. The number of carbonyl (C=O) groups excluding carboxylic acids is 2. The van der Waals surface area contributed by atoms with E-state index in [2.05, 4.69) is 0 Å². The minimum atomic E-state index is -0.0257. The first-order valence-electron chi connectivity index (χ1n) is 5.99. The van der Waals surface area contributed by atoms with Crippen molar-refractivity contribution in [2.45, 2.75) is 26.7 Å². The second-order valence-corrected chi connectivity index (χ2v) is 4.46. The molecule has 0 aliphatic carbocycles. The third-order valence-corrected chi connectivity index (χ3v) is 3.39. The van der Waals surface area contributed by atoms with Crippen molar-refractivity contribution in [3.05, 3.63) is 23.7 Å². The first-order valence-corrected chi connectivity index (χ1v) is 5.99. The van der Waals surface area contributed by atoms with Crippen molar-refractivity contribution in [2.24, 2.45) is 5.92 Å². The van der Waals surface area contributed by atoms with Crippen molar-refractivity contribution < 1.29 is 14.0 Å². The van der Waals surface area contributed by atoms with Crippen LogP contribution in [-0.4, -0.2) is 29.7 Å². The van der Waals surface area contributed by atoms with E-state index in [0.29, 0.717) is 30.8 Å². The molecule has 0 N–H and O–H groups in total. The Balaban J connectivity index is 2.11. The normalized spacial score (nSPS) is 20.7. The lowest BCUT2D eigenvalue weighted by Crippen LogP contribution is -2.44. The molecule has 4 nitrogen and oxygen atoms in total. The molecule has 0 radical (unpaired) electrons. The van der Waals surface area contributed by atoms with E-state index in [1.165, 1.54) is 6.26 Å². The molecular weight excluding hydrogens is 218 g/mol. The summed E-state index contributed by atoms with van der Waals surface area (Å²) in [4.78, 5) is 25.6. The Morgan fingerprint density at radius 2 is 2.35 bits per heavy atom. The summed E-state index contributed by atoms with van der Waals surface area (Å²) >= 11 is 0. The summed E-state index contributed by atoms with van der Waals surface area (Å²) < 4.78 is 5.14. The highest BCUT2D eigenvalue weighted by atomic mass is 16.3. The number of carbonyl (C=O) groups is 2. The lowest BCUT2D eigenvalue weighted by molar-refractivity contribution is -0.125. The lowest BCUT2D eigenvalue weighted by atomic mass is 9.94. The first kappa shape index (κ1) is 11.9. The second-order valence-electron chi connectivity index (χ2n) is 4.46. The molecule has 92 valence electrons. The third-order valence-electron chi connectivity index (χ3n) is 3.39. The highest BCUT2D eigenvalue weighted by molar-refractivity contribution is 5.96. The van der Waals surface area contributed by atoms with Crippen LogP contribution in [0.3, 0.4) is 0 Å². The zero-order chi connectivity index (χ0) is 12.4. The van der Waals surface area contributed by atoms with Gasteiger partial charge in [0.1, 0.15) is 11.5 Å². The molecular formula is C13H17NO3. The van der Waals surface area contributed by atoms with Crippen LogP contribution in [0, 0.1) is 12.8 Å². The maximum Gasteiger partial charge on any atom is 0.257 e. The van der Waals surface area contributed by atoms with Crippen LogP contribution in [0.2, 0.25) is 0 Å². The minimum Gasteiger partial charge on any atom is -0.469 e. The van der Waals surface area contributed by atoms with E-state index in [1.54, 1.807) is 17.9 Å². The van der Waals surface area contributed by atoms with E-state index in [0.717, 1.165) is 6.42 Å². The summed E-state index contributed by atoms with van der Waals surface area (Å²) in [6, 6.07) is 1.69. The van der Waals surface area contributed by atoms with Gasteiger partial charge in [0.15, 0.2) is 0 Å². The third kappa shape index (κ3) is 2.25. The Labute approximate surface area is 101 Å². The molecule has 0 spiro atoms. The van der Waals surface area contributed by atoms with Crippen LogP contribution in [0.15, 0.2) is 16.7 Å². The predicted octanol–water partition coefficient (Wildman–Crippen LogP) is 2.03. The number of aryl methyl sites for hydroxylation is 1. The fourth-order valence-electron chi connectivity index (χ4n) is 2.23. The largest absolute Gasteiger partial charge is 0.469 e. The molecule has 1 saturated heterocycles. The summed E-state index contributed by atoms with van der Waals surface area (Å²) in [6.07, 6.45) is 2.79. The molecule has 2 rings (SSSR count). The molecule has 4 heteroatoms. The Morgan fingerprint density at radius 3 is 2.94 bits per heavy atom. The van der Waals surface area contributed by atoms with Gasteiger partial charge in [-0.1, -0.05) is 6.92 Å². The van der Waals surface area contributed by atoms with Gasteiger partial charge < -0.3 is 9.32 Å². The summed E-state index contributed by atoms with van der Waals surface area (Å²) in [5.41, 5.74) is 0.606. The molecule has 0 saturated carbocycles. The van der Waals surface area contributed by atoms with Gasteiger partial charge in [0.25, 0.3) is 5.91 Å². The van der Waals surface area contributed by atoms with Crippen LogP contribution in [0.25, 0.3) is 0 Å². The Morgan fingerprint density at radius 1 is 1.59 bits per heavy atom. The summed E-state index contributed by atoms with van der Waals surface area (Å²) in [6.45, 7) is 4.83. The Kier molecular flexibility index (Phi) is 3.31. The number of furan rings is 1. The summed E-state index contributed by atoms with van der Waals surface area (Å²) in [7, 11) is 0. The number of likely N-dealkylation sites (tertiary alicyclic amines) is 1. The van der Waals surface area contributed by atoms with Crippen LogP contribution >= 0.6 is 0 Å². The first-order chi connectivity index (χ1) is 8.13. The number of piperidine rings is 1. The Bertz CT molecular complexity index is 436. The molecule has 1 aromatic rings. The van der Waals surface area contributed by atoms with E-state index < -0.39 is 0 Å². The van der Waals surface area contributed by atoms with Gasteiger partial charge in [-0.3, -0.25) is 9.59 Å². The quantitative estimate of drug-likeness (QED) is 0.788. The topological polar surface area (TPSA) is 50.5 Å². The van der Waals surface area contributed by atoms with E-state index >= 15 is 0 Å². The van der Waals surface area contributed by atoms with E-state index in [-0.39, 0.29) is 17.6 Å². The maximum absolute atomic E-state index is 12.2. The zero-order valence-corrected chi connectivity index (χ0v) is 10.2.